The van der Waals surface area contributed by atoms with Gasteiger partial charge in [0.05, 0.1) is 12.8 Å². The van der Waals surface area contributed by atoms with Gasteiger partial charge in [-0.15, -0.1) is 0 Å². The molecule has 1 fully saturated rings. The van der Waals surface area contributed by atoms with E-state index in [1.807, 2.05) is 0 Å². The van der Waals surface area contributed by atoms with Gasteiger partial charge in [-0.25, -0.2) is 9.78 Å². The number of carbonyl (C=O) groups excluding carboxylic acids is 3. The first-order valence-corrected chi connectivity index (χ1v) is 8.36. The van der Waals surface area contributed by atoms with Crippen molar-refractivity contribution in [3.63, 3.8) is 0 Å². The lowest BCUT2D eigenvalue weighted by atomic mass is 9.99. The lowest BCUT2D eigenvalue weighted by Crippen LogP contribution is -2.44. The molecule has 23 heavy (non-hydrogen) atoms. The summed E-state index contributed by atoms with van der Waals surface area (Å²) in [5.74, 6) is -0.663. The van der Waals surface area contributed by atoms with Crippen LogP contribution in [0.2, 0.25) is 0 Å². The van der Waals surface area contributed by atoms with Crippen LogP contribution in [0, 0.1) is 6.92 Å². The van der Waals surface area contributed by atoms with Gasteiger partial charge in [0.25, 0.3) is 0 Å². The molecule has 1 N–H and O–H groups in total. The first-order valence-electron chi connectivity index (χ1n) is 7.55. The first-order chi connectivity index (χ1) is 10.9. The zero-order chi connectivity index (χ0) is 17.0. The maximum Gasteiger partial charge on any atom is 0.350 e. The summed E-state index contributed by atoms with van der Waals surface area (Å²) in [5, 5.41) is 3.08. The van der Waals surface area contributed by atoms with Crippen molar-refractivity contribution in [2.45, 2.75) is 45.6 Å². The molecule has 1 aliphatic rings. The molecule has 0 spiro atoms. The fourth-order valence-corrected chi connectivity index (χ4v) is 3.64. The van der Waals surface area contributed by atoms with E-state index in [1.165, 1.54) is 14.0 Å². The molecule has 2 rings (SSSR count). The zero-order valence-electron chi connectivity index (χ0n) is 13.5. The minimum Gasteiger partial charge on any atom is -0.465 e. The molecule has 0 bridgehead atoms. The summed E-state index contributed by atoms with van der Waals surface area (Å²) in [6.45, 7) is 3.93. The summed E-state index contributed by atoms with van der Waals surface area (Å²) >= 11 is 1.09. The average molecular weight is 339 g/mol. The molecule has 0 radical (unpaired) electrons. The van der Waals surface area contributed by atoms with E-state index in [-0.39, 0.29) is 24.3 Å². The van der Waals surface area contributed by atoms with Gasteiger partial charge in [0.2, 0.25) is 11.8 Å². The van der Waals surface area contributed by atoms with Gasteiger partial charge >= 0.3 is 5.97 Å². The highest BCUT2D eigenvalue weighted by molar-refractivity contribution is 7.17. The molecule has 0 aromatic carbocycles. The van der Waals surface area contributed by atoms with Crippen LogP contribution in [0.1, 0.15) is 48.0 Å². The van der Waals surface area contributed by atoms with Crippen molar-refractivity contribution in [2.24, 2.45) is 0 Å². The number of anilines is 1. The third kappa shape index (κ3) is 4.28. The Bertz CT molecular complexity index is 614. The van der Waals surface area contributed by atoms with Crippen LogP contribution < -0.4 is 5.32 Å². The van der Waals surface area contributed by atoms with Crippen LogP contribution in [-0.4, -0.2) is 47.4 Å². The topological polar surface area (TPSA) is 88.6 Å². The predicted molar refractivity (Wildman–Crippen MR) is 86.5 cm³/mol. The largest absolute Gasteiger partial charge is 0.465 e. The van der Waals surface area contributed by atoms with Crippen molar-refractivity contribution >= 4 is 34.3 Å². The Morgan fingerprint density at radius 2 is 2.13 bits per heavy atom. The average Bonchev–Trinajstić information content (AvgIpc) is 2.87. The first kappa shape index (κ1) is 17.4. The second-order valence-corrected chi connectivity index (χ2v) is 6.54. The molecule has 1 aliphatic heterocycles. The molecule has 1 aromatic rings. The zero-order valence-corrected chi connectivity index (χ0v) is 14.4. The Kier molecular flexibility index (Phi) is 5.70. The van der Waals surface area contributed by atoms with Gasteiger partial charge in [-0.3, -0.25) is 9.59 Å². The van der Waals surface area contributed by atoms with Crippen molar-refractivity contribution in [3.05, 3.63) is 10.6 Å². The normalized spacial score (nSPS) is 17.7. The molecule has 1 aromatic heterocycles. The van der Waals surface area contributed by atoms with E-state index in [0.717, 1.165) is 30.6 Å². The summed E-state index contributed by atoms with van der Waals surface area (Å²) in [7, 11) is 1.30. The van der Waals surface area contributed by atoms with E-state index in [4.69, 9.17) is 0 Å². The van der Waals surface area contributed by atoms with Gasteiger partial charge in [-0.2, -0.15) is 0 Å². The molecule has 0 saturated carbocycles. The summed E-state index contributed by atoms with van der Waals surface area (Å²) < 4.78 is 4.67. The van der Waals surface area contributed by atoms with E-state index >= 15 is 0 Å². The summed E-state index contributed by atoms with van der Waals surface area (Å²) in [6.07, 6.45) is 3.07. The number of piperidine rings is 1. The second kappa shape index (κ2) is 7.54. The molecule has 1 saturated heterocycles. The van der Waals surface area contributed by atoms with Crippen LogP contribution in [0.15, 0.2) is 0 Å². The Labute approximate surface area is 139 Å². The van der Waals surface area contributed by atoms with Gasteiger partial charge in [0.1, 0.15) is 4.88 Å². The molecule has 8 heteroatoms. The maximum absolute atomic E-state index is 12.2. The van der Waals surface area contributed by atoms with Gasteiger partial charge in [-0.05, 0) is 26.2 Å². The lowest BCUT2D eigenvalue weighted by Gasteiger charge is -2.34. The number of hydrogen-bond acceptors (Lipinski definition) is 6. The number of ether oxygens (including phenoxy) is 1. The lowest BCUT2D eigenvalue weighted by molar-refractivity contribution is -0.133. The van der Waals surface area contributed by atoms with Gasteiger partial charge in [-0.1, -0.05) is 11.3 Å². The smallest absolute Gasteiger partial charge is 0.350 e. The summed E-state index contributed by atoms with van der Waals surface area (Å²) in [4.78, 5) is 41.7. The number of methoxy groups -OCH3 is 1. The van der Waals surface area contributed by atoms with Crippen molar-refractivity contribution < 1.29 is 19.1 Å². The van der Waals surface area contributed by atoms with E-state index in [2.05, 4.69) is 15.0 Å². The molecular weight excluding hydrogens is 318 g/mol. The van der Waals surface area contributed by atoms with Crippen LogP contribution in [0.4, 0.5) is 5.13 Å². The SMILES string of the molecule is COC(=O)c1sc(NC(=O)CC2CCCCN2C(C)=O)nc1C. The van der Waals surface area contributed by atoms with E-state index in [0.29, 0.717) is 22.2 Å². The number of aromatic nitrogens is 1. The van der Waals surface area contributed by atoms with E-state index in [9.17, 15) is 14.4 Å². The molecule has 2 amide bonds. The minimum absolute atomic E-state index is 0.000528. The van der Waals surface area contributed by atoms with Gasteiger partial charge < -0.3 is 15.0 Å². The van der Waals surface area contributed by atoms with Gasteiger partial charge in [0.15, 0.2) is 5.13 Å². The number of likely N-dealkylation sites (tertiary alicyclic amines) is 1. The summed E-state index contributed by atoms with van der Waals surface area (Å²) in [5.41, 5.74) is 0.528. The number of aryl methyl sites for hydroxylation is 1. The van der Waals surface area contributed by atoms with E-state index in [1.54, 1.807) is 11.8 Å². The fraction of sp³-hybridized carbons (Fsp3) is 0.600. The molecule has 126 valence electrons. The number of nitrogens with one attached hydrogen (secondary N) is 1. The Morgan fingerprint density at radius 1 is 1.39 bits per heavy atom. The van der Waals surface area contributed by atoms with Crippen molar-refractivity contribution in [2.75, 3.05) is 19.0 Å². The van der Waals surface area contributed by atoms with E-state index < -0.39 is 5.97 Å². The summed E-state index contributed by atoms with van der Waals surface area (Å²) in [6, 6.07) is -0.0672. The number of hydrogen-bond donors (Lipinski definition) is 1. The highest BCUT2D eigenvalue weighted by atomic mass is 32.1. The Morgan fingerprint density at radius 3 is 2.78 bits per heavy atom. The van der Waals surface area contributed by atoms with Crippen LogP contribution in [0.5, 0.6) is 0 Å². The third-order valence-electron chi connectivity index (χ3n) is 3.87. The highest BCUT2D eigenvalue weighted by Gasteiger charge is 2.27. The third-order valence-corrected chi connectivity index (χ3v) is 4.92. The molecule has 1 atom stereocenters. The van der Waals surface area contributed by atoms with Crippen molar-refractivity contribution in [1.29, 1.82) is 0 Å². The number of carbonyl (C=O) groups is 3. The Balaban J connectivity index is 1.99. The second-order valence-electron chi connectivity index (χ2n) is 5.54. The van der Waals surface area contributed by atoms with Crippen LogP contribution in [0.25, 0.3) is 0 Å². The molecule has 1 unspecified atom stereocenters. The number of rotatable bonds is 4. The van der Waals surface area contributed by atoms with Crippen molar-refractivity contribution in [3.8, 4) is 0 Å². The van der Waals surface area contributed by atoms with Crippen LogP contribution in [0.3, 0.4) is 0 Å². The molecular formula is C15H21N3O4S. The fourth-order valence-electron chi connectivity index (χ4n) is 2.74. The Hall–Kier alpha value is -1.96. The number of esters is 1. The monoisotopic (exact) mass is 339 g/mol. The standard InChI is InChI=1S/C15H21N3O4S/c1-9-13(14(21)22-3)23-15(16-9)17-12(20)8-11-6-4-5-7-18(11)10(2)19/h11H,4-8H2,1-3H3,(H,16,17,20). The maximum atomic E-state index is 12.2. The highest BCUT2D eigenvalue weighted by Crippen LogP contribution is 2.24. The predicted octanol–water partition coefficient (Wildman–Crippen LogP) is 1.97. The molecule has 2 heterocycles. The molecule has 7 nitrogen and oxygen atoms in total. The quantitative estimate of drug-likeness (QED) is 0.847. The van der Waals surface area contributed by atoms with Crippen LogP contribution >= 0.6 is 11.3 Å². The van der Waals surface area contributed by atoms with Gasteiger partial charge in [0, 0.05) is 25.9 Å². The molecule has 0 aliphatic carbocycles. The minimum atomic E-state index is -0.462. The van der Waals surface area contributed by atoms with Crippen molar-refractivity contribution in [1.82, 2.24) is 9.88 Å². The van der Waals surface area contributed by atoms with Crippen LogP contribution in [-0.2, 0) is 14.3 Å². The number of amides is 2. The number of nitrogens with zero attached hydrogens (tertiary/aromatic N) is 2. The number of thiazole rings is 1.